The molecular weight excluding hydrogens is 550 g/mol. The molecule has 4 rings (SSSR count). The lowest BCUT2D eigenvalue weighted by atomic mass is 10.1. The molecular formula is C25H26FN4O9P-2. The Labute approximate surface area is 241 Å². The highest BCUT2D eigenvalue weighted by molar-refractivity contribution is 7.43. The zero-order chi connectivity index (χ0) is 36.9. The second-order valence-corrected chi connectivity index (χ2v) is 9.19. The van der Waals surface area contributed by atoms with Gasteiger partial charge in [-0.2, -0.15) is 0 Å². The van der Waals surface area contributed by atoms with Crippen LogP contribution in [0.25, 0.3) is 0 Å². The number of hydrogen-bond acceptors (Lipinski definition) is 12. The zero-order valence-electron chi connectivity index (χ0n) is 30.1. The van der Waals surface area contributed by atoms with Crippen molar-refractivity contribution in [2.45, 2.75) is 32.1 Å². The number of carbonyl (C=O) groups is 1. The monoisotopic (exact) mass is 585 g/mol. The normalized spacial score (nSPS) is 18.3. The summed E-state index contributed by atoms with van der Waals surface area (Å²) in [6, 6.07) is 1.52. The lowest BCUT2D eigenvalue weighted by Crippen LogP contribution is -2.53. The van der Waals surface area contributed by atoms with Gasteiger partial charge < -0.3 is 37.8 Å². The minimum absolute atomic E-state index is 0.0191. The number of amides is 1. The Morgan fingerprint density at radius 1 is 1.12 bits per heavy atom. The fourth-order valence-electron chi connectivity index (χ4n) is 3.61. The summed E-state index contributed by atoms with van der Waals surface area (Å²) in [7, 11) is -2.00. The Kier molecular flexibility index (Phi) is 5.46. The molecule has 0 saturated heterocycles. The third-order valence-corrected chi connectivity index (χ3v) is 5.78. The number of rotatable bonds is 10. The van der Waals surface area contributed by atoms with Crippen LogP contribution < -0.4 is 33.6 Å². The fraction of sp³-hybridized carbons (Fsp3) is 0.360. The average Bonchev–Trinajstić information content (AvgIpc) is 2.99. The predicted molar refractivity (Wildman–Crippen MR) is 134 cm³/mol. The van der Waals surface area contributed by atoms with Gasteiger partial charge in [0.05, 0.1) is 45.1 Å². The first-order valence-electron chi connectivity index (χ1n) is 15.6. The fourth-order valence-corrected chi connectivity index (χ4v) is 3.86. The summed E-state index contributed by atoms with van der Waals surface area (Å²) in [5, 5.41) is 0. The van der Waals surface area contributed by atoms with Crippen molar-refractivity contribution in [3.05, 3.63) is 59.0 Å². The van der Waals surface area contributed by atoms with Gasteiger partial charge in [-0.25, -0.2) is 19.3 Å². The van der Waals surface area contributed by atoms with Gasteiger partial charge in [-0.05, 0) is 43.5 Å². The first-order valence-corrected chi connectivity index (χ1v) is 12.5. The topological polar surface area (TPSA) is 168 Å². The van der Waals surface area contributed by atoms with Crippen LogP contribution in [0, 0.1) is 5.82 Å². The number of phosphoric acid groups is 1. The Balaban J connectivity index is 1.79. The number of anilines is 1. The first kappa shape index (κ1) is 19.3. The van der Waals surface area contributed by atoms with Gasteiger partial charge in [0.2, 0.25) is 5.75 Å². The van der Waals surface area contributed by atoms with Crippen molar-refractivity contribution in [3.8, 4) is 23.0 Å². The average molecular weight is 586 g/mol. The summed E-state index contributed by atoms with van der Waals surface area (Å²) in [6.45, 7) is -8.81. The Morgan fingerprint density at radius 2 is 1.82 bits per heavy atom. The second-order valence-electron chi connectivity index (χ2n) is 8.04. The summed E-state index contributed by atoms with van der Waals surface area (Å²) in [5.74, 6) is -4.73. The van der Waals surface area contributed by atoms with E-state index in [1.54, 1.807) is 0 Å². The van der Waals surface area contributed by atoms with Crippen LogP contribution in [-0.2, 0) is 26.7 Å². The number of nitrogens with zero attached hydrogens (tertiary/aromatic N) is 4. The second kappa shape index (κ2) is 11.3. The molecule has 0 spiro atoms. The number of phosphoric ester groups is 1. The van der Waals surface area contributed by atoms with Gasteiger partial charge in [0.25, 0.3) is 5.91 Å². The van der Waals surface area contributed by atoms with Crippen molar-refractivity contribution in [1.82, 2.24) is 15.0 Å². The van der Waals surface area contributed by atoms with Crippen molar-refractivity contribution in [1.29, 1.82) is 0 Å². The molecule has 1 amide bonds. The smallest absolute Gasteiger partial charge is 0.273 e. The molecule has 13 nitrogen and oxygen atoms in total. The van der Waals surface area contributed by atoms with Crippen molar-refractivity contribution in [3.63, 3.8) is 0 Å². The minimum atomic E-state index is -5.81. The van der Waals surface area contributed by atoms with E-state index in [1.807, 2.05) is 0 Å². The van der Waals surface area contributed by atoms with Crippen molar-refractivity contribution < 1.29 is 59.3 Å². The van der Waals surface area contributed by atoms with Crippen LogP contribution in [0.15, 0.2) is 30.4 Å². The van der Waals surface area contributed by atoms with Crippen LogP contribution in [0.4, 0.5) is 10.2 Å². The molecule has 0 atom stereocenters. The summed E-state index contributed by atoms with van der Waals surface area (Å²) < 4.78 is 124. The third kappa shape index (κ3) is 6.31. The maximum atomic E-state index is 15.2. The van der Waals surface area contributed by atoms with E-state index in [4.69, 9.17) is 31.3 Å². The Bertz CT molecular complexity index is 1800. The molecule has 0 bridgehead atoms. The molecule has 0 radical (unpaired) electrons. The van der Waals surface area contributed by atoms with Crippen LogP contribution in [0.3, 0.4) is 0 Å². The number of methoxy groups -OCH3 is 3. The van der Waals surface area contributed by atoms with Gasteiger partial charge in [0.1, 0.15) is 12.6 Å². The van der Waals surface area contributed by atoms with Gasteiger partial charge in [0, 0.05) is 26.8 Å². The lowest BCUT2D eigenvalue weighted by molar-refractivity contribution is -0.341. The van der Waals surface area contributed by atoms with Crippen LogP contribution in [0.2, 0.25) is 0 Å². The highest BCUT2D eigenvalue weighted by atomic mass is 31.2. The molecule has 214 valence electrons. The van der Waals surface area contributed by atoms with Crippen LogP contribution in [-0.4, -0.2) is 54.5 Å². The standard InChI is InChI=1S/C25H28FN4O9P/c1-25(2)24(31)30(13-38-40(32,33)34)23-18(39-25)7-6-15(28-23)11-17-16(26)12-27-21(29-17)10-14-8-19(35-3)22(37-5)20(9-14)36-4/h6-9,12H,10-11,13H2,1-5H3,(H2,32,33,34)/p-2/i1D3,2D3,8D,9D,12D. The van der Waals surface area contributed by atoms with Gasteiger partial charge in [0.15, 0.2) is 34.5 Å². The largest absolute Gasteiger partial charge is 0.790 e. The molecule has 3 heterocycles. The van der Waals surface area contributed by atoms with E-state index in [1.165, 1.54) is 21.3 Å². The van der Waals surface area contributed by atoms with Crippen molar-refractivity contribution >= 4 is 19.5 Å². The number of fused-ring (bicyclic) bond motifs is 1. The SMILES string of the molecule is [2H]c1nc(Cc2c([2H])c(OC)c(OC)c(OC)c2[2H])nc(Cc2ccc3c(n2)N(COP(=O)([O-])[O-])C(=O)C(C([2H])([2H])[2H])(C([2H])([2H])[2H])O3)c1F. The first-order chi connectivity index (χ1) is 22.6. The van der Waals surface area contributed by atoms with E-state index in [-0.39, 0.29) is 57.7 Å². The number of hydrogen-bond donors (Lipinski definition) is 0. The molecule has 15 heteroatoms. The highest BCUT2D eigenvalue weighted by Gasteiger charge is 2.42. The molecule has 1 aliphatic heterocycles. The molecule has 1 aromatic carbocycles. The number of aromatic nitrogens is 3. The van der Waals surface area contributed by atoms with Gasteiger partial charge >= 0.3 is 0 Å². The van der Waals surface area contributed by atoms with Gasteiger partial charge in [-0.3, -0.25) is 9.69 Å². The molecule has 0 fully saturated rings. The zero-order valence-corrected chi connectivity index (χ0v) is 22.0. The van der Waals surface area contributed by atoms with E-state index in [0.717, 1.165) is 12.1 Å². The van der Waals surface area contributed by atoms with Gasteiger partial charge in [-0.1, -0.05) is 0 Å². The highest BCUT2D eigenvalue weighted by Crippen LogP contribution is 2.39. The maximum absolute atomic E-state index is 15.2. The molecule has 1 aliphatic rings. The molecule has 3 aromatic rings. The Morgan fingerprint density at radius 3 is 2.42 bits per heavy atom. The number of carbonyl (C=O) groups excluding carboxylic acids is 1. The molecule has 40 heavy (non-hydrogen) atoms. The molecule has 0 N–H and O–H groups in total. The lowest BCUT2D eigenvalue weighted by Gasteiger charge is -2.39. The molecule has 0 saturated carbocycles. The molecule has 0 aliphatic carbocycles. The van der Waals surface area contributed by atoms with Crippen LogP contribution >= 0.6 is 7.82 Å². The van der Waals surface area contributed by atoms with E-state index in [2.05, 4.69) is 19.5 Å². The predicted octanol–water partition coefficient (Wildman–Crippen LogP) is 1.52. The van der Waals surface area contributed by atoms with Crippen LogP contribution in [0.1, 0.15) is 48.8 Å². The Hall–Kier alpha value is -3.84. The molecule has 0 unspecified atom stereocenters. The third-order valence-electron chi connectivity index (χ3n) is 5.34. The number of pyridine rings is 1. The van der Waals surface area contributed by atoms with Crippen molar-refractivity contribution in [2.24, 2.45) is 0 Å². The maximum Gasteiger partial charge on any atom is 0.273 e. The summed E-state index contributed by atoms with van der Waals surface area (Å²) >= 11 is 0. The number of halogens is 1. The summed E-state index contributed by atoms with van der Waals surface area (Å²) in [4.78, 5) is 48.2. The van der Waals surface area contributed by atoms with E-state index >= 15 is 4.39 Å². The van der Waals surface area contributed by atoms with E-state index in [0.29, 0.717) is 0 Å². The number of benzene rings is 1. The van der Waals surface area contributed by atoms with Crippen molar-refractivity contribution in [2.75, 3.05) is 33.0 Å². The van der Waals surface area contributed by atoms with Gasteiger partial charge in [-0.15, -0.1) is 0 Å². The van der Waals surface area contributed by atoms with E-state index in [9.17, 15) is 19.1 Å². The minimum Gasteiger partial charge on any atom is -0.790 e. The summed E-state index contributed by atoms with van der Waals surface area (Å²) in [5.41, 5.74) is -4.18. The van der Waals surface area contributed by atoms with Crippen LogP contribution in [0.5, 0.6) is 23.0 Å². The quantitative estimate of drug-likeness (QED) is 0.315. The summed E-state index contributed by atoms with van der Waals surface area (Å²) in [6.07, 6.45) is -1.81. The number of ether oxygens (including phenoxy) is 4. The molecule has 2 aromatic heterocycles. The van der Waals surface area contributed by atoms with E-state index < -0.39 is 75.4 Å².